The van der Waals surface area contributed by atoms with Gasteiger partial charge in [-0.15, -0.1) is 24.0 Å². The number of aromatic nitrogens is 6. The molecule has 0 amide bonds. The van der Waals surface area contributed by atoms with Crippen LogP contribution in [0.4, 0.5) is 34.1 Å². The third-order valence-electron chi connectivity index (χ3n) is 26.4. The van der Waals surface area contributed by atoms with Crippen molar-refractivity contribution in [3.05, 3.63) is 466 Å². The molecule has 0 N–H and O–H groups in total. The summed E-state index contributed by atoms with van der Waals surface area (Å²) in [5.41, 5.74) is 27.4. The molecule has 0 unspecified atom stereocenters. The van der Waals surface area contributed by atoms with Crippen LogP contribution in [0.2, 0.25) is 0 Å². The molecule has 24 aromatic rings. The fourth-order valence-electron chi connectivity index (χ4n) is 19.5. The maximum absolute atomic E-state index is 6.24. The Kier molecular flexibility index (Phi) is 23.9. The Morgan fingerprint density at radius 2 is 0.504 bits per heavy atom. The summed E-state index contributed by atoms with van der Waals surface area (Å²) >= 11 is 3.63. The Balaban J connectivity index is 0.000000132. The van der Waals surface area contributed by atoms with Crippen LogP contribution in [0.3, 0.4) is 0 Å². The zero-order valence-electron chi connectivity index (χ0n) is 73.6. The fourth-order valence-corrected chi connectivity index (χ4v) is 19.9. The highest BCUT2D eigenvalue weighted by molar-refractivity contribution is 14.0. The van der Waals surface area contributed by atoms with Crippen molar-refractivity contribution < 1.29 is 9.31 Å². The van der Waals surface area contributed by atoms with E-state index in [1.54, 1.807) is 0 Å². The summed E-state index contributed by atoms with van der Waals surface area (Å²) in [5, 5.41) is 14.8. The van der Waals surface area contributed by atoms with E-state index in [1.165, 1.54) is 109 Å². The van der Waals surface area contributed by atoms with Crippen molar-refractivity contribution in [2.45, 2.75) is 53.8 Å². The first-order valence-corrected chi connectivity index (χ1v) is 45.7. The Hall–Kier alpha value is -15.2. The number of nitrogens with zero attached hydrogens (tertiary/aromatic N) is 8. The van der Waals surface area contributed by atoms with Crippen LogP contribution in [0.5, 0.6) is 0 Å². The van der Waals surface area contributed by atoms with E-state index >= 15 is 0 Å². The molecule has 7 heterocycles. The molecule has 0 bridgehead atoms. The maximum atomic E-state index is 6.24. The predicted molar refractivity (Wildman–Crippen MR) is 585 cm³/mol. The van der Waals surface area contributed by atoms with Gasteiger partial charge in [0.05, 0.1) is 66.7 Å². The Morgan fingerprint density at radius 1 is 0.244 bits per heavy atom. The molecular weight excluding hydrogens is 1830 g/mol. The SMILES string of the molecule is Brc1cncc(-c2cc(-n3c4ccccc4c4ccccc43)cc(-n3c4ccccc4c4ccccc43)c2)c1.C.C.CC1(C)OB(c2ccc(N(c3ccccc3)c3cccc4ccccc34)cc2)OC1(C)C.I.c1ccc(N(c2ccc(-c3cncc(-c4cc(-n5c6ccccc6c6ccccc65)cc(-n5c6ccccc6c6ccccc65)c4)c3)cc2)c2cccc3ccccc23)cc1. The summed E-state index contributed by atoms with van der Waals surface area (Å²) in [6.45, 7) is 8.33. The van der Waals surface area contributed by atoms with Crippen LogP contribution < -0.4 is 15.3 Å². The lowest BCUT2D eigenvalue weighted by Crippen LogP contribution is -2.41. The van der Waals surface area contributed by atoms with Crippen molar-refractivity contribution in [1.29, 1.82) is 0 Å². The van der Waals surface area contributed by atoms with Crippen molar-refractivity contribution in [2.75, 3.05) is 9.80 Å². The van der Waals surface area contributed by atoms with Gasteiger partial charge in [-0.2, -0.15) is 0 Å². The quantitative estimate of drug-likeness (QED) is 0.0798. The van der Waals surface area contributed by atoms with Crippen LogP contribution in [0.25, 0.3) is 165 Å². The fraction of sp³-hybridized carbons (Fsp3) is 0.0656. The second-order valence-electron chi connectivity index (χ2n) is 34.9. The van der Waals surface area contributed by atoms with Gasteiger partial charge in [-0.25, -0.2) is 0 Å². The minimum Gasteiger partial charge on any atom is -0.399 e. The Labute approximate surface area is 812 Å². The second-order valence-corrected chi connectivity index (χ2v) is 35.8. The summed E-state index contributed by atoms with van der Waals surface area (Å²) in [7, 11) is -0.364. The number of anilines is 6. The highest BCUT2D eigenvalue weighted by atomic mass is 127. The van der Waals surface area contributed by atoms with Gasteiger partial charge in [-0.05, 0) is 234 Å². The Bertz CT molecular complexity index is 8040. The second kappa shape index (κ2) is 36.7. The highest BCUT2D eigenvalue weighted by Crippen LogP contribution is 2.46. The topological polar surface area (TPSA) is 70.4 Å². The van der Waals surface area contributed by atoms with Gasteiger partial charge >= 0.3 is 7.12 Å². The summed E-state index contributed by atoms with van der Waals surface area (Å²) < 4.78 is 23.0. The van der Waals surface area contributed by atoms with Gasteiger partial charge in [-0.3, -0.25) is 9.97 Å². The average Bonchev–Trinajstić information content (AvgIpc) is 1.58. The molecule has 135 heavy (non-hydrogen) atoms. The average molecular weight is 1920 g/mol. The first-order valence-electron chi connectivity index (χ1n) is 44.9. The monoisotopic (exact) mass is 1920 g/mol. The van der Waals surface area contributed by atoms with Crippen LogP contribution in [-0.2, 0) is 9.31 Å². The van der Waals surface area contributed by atoms with Crippen LogP contribution in [0.1, 0.15) is 42.5 Å². The minimum absolute atomic E-state index is 0. The molecule has 1 saturated heterocycles. The Morgan fingerprint density at radius 3 is 0.830 bits per heavy atom. The minimum atomic E-state index is -0.364. The molecular formula is C122H97BBrIN8O2. The lowest BCUT2D eigenvalue weighted by molar-refractivity contribution is 0.00578. The molecule has 25 rings (SSSR count). The van der Waals surface area contributed by atoms with Crippen molar-refractivity contribution in [3.8, 4) is 56.1 Å². The van der Waals surface area contributed by atoms with E-state index in [-0.39, 0.29) is 57.2 Å². The van der Waals surface area contributed by atoms with E-state index in [0.717, 1.165) is 100 Å². The van der Waals surface area contributed by atoms with Gasteiger partial charge < -0.3 is 37.4 Å². The number of hydrogen-bond donors (Lipinski definition) is 0. The molecule has 6 aromatic heterocycles. The number of para-hydroxylation sites is 10. The lowest BCUT2D eigenvalue weighted by Gasteiger charge is -2.32. The highest BCUT2D eigenvalue weighted by Gasteiger charge is 2.52. The molecule has 0 spiro atoms. The van der Waals surface area contributed by atoms with E-state index in [0.29, 0.717) is 0 Å². The van der Waals surface area contributed by atoms with Crippen molar-refractivity contribution in [1.82, 2.24) is 28.2 Å². The first-order chi connectivity index (χ1) is 64.9. The van der Waals surface area contributed by atoms with E-state index in [1.807, 2.05) is 30.9 Å². The molecule has 0 saturated carbocycles. The number of benzene rings is 18. The number of fused-ring (bicyclic) bond motifs is 14. The van der Waals surface area contributed by atoms with Crippen molar-refractivity contribution >= 4 is 195 Å². The lowest BCUT2D eigenvalue weighted by atomic mass is 9.79. The molecule has 0 aliphatic carbocycles. The smallest absolute Gasteiger partial charge is 0.399 e. The van der Waals surface area contributed by atoms with Gasteiger partial charge in [0, 0.05) is 145 Å². The number of hydrogen-bond acceptors (Lipinski definition) is 6. The van der Waals surface area contributed by atoms with Gasteiger partial charge in [0.15, 0.2) is 0 Å². The molecule has 18 aromatic carbocycles. The van der Waals surface area contributed by atoms with Crippen LogP contribution in [-0.4, -0.2) is 46.6 Å². The van der Waals surface area contributed by atoms with E-state index in [4.69, 9.17) is 14.3 Å². The van der Waals surface area contributed by atoms with Gasteiger partial charge in [0.1, 0.15) is 0 Å². The maximum Gasteiger partial charge on any atom is 0.494 e. The molecule has 1 aliphatic heterocycles. The number of rotatable bonds is 14. The number of pyridine rings is 2. The summed E-state index contributed by atoms with van der Waals surface area (Å²) in [4.78, 5) is 14.0. The van der Waals surface area contributed by atoms with Crippen molar-refractivity contribution in [3.63, 3.8) is 0 Å². The number of halogens is 2. The zero-order chi connectivity index (χ0) is 88.5. The normalized spacial score (nSPS) is 12.6. The molecule has 0 radical (unpaired) electrons. The summed E-state index contributed by atoms with van der Waals surface area (Å²) in [6, 6.07) is 156. The molecule has 13 heteroatoms. The van der Waals surface area contributed by atoms with Gasteiger partial charge in [0.25, 0.3) is 0 Å². The molecule has 1 fully saturated rings. The largest absolute Gasteiger partial charge is 0.494 e. The summed E-state index contributed by atoms with van der Waals surface area (Å²) in [6.07, 6.45) is 7.73. The molecule has 0 atom stereocenters. The van der Waals surface area contributed by atoms with Crippen molar-refractivity contribution in [2.24, 2.45) is 0 Å². The van der Waals surface area contributed by atoms with Crippen LogP contribution in [0, 0.1) is 0 Å². The zero-order valence-corrected chi connectivity index (χ0v) is 77.6. The van der Waals surface area contributed by atoms with Gasteiger partial charge in [0.2, 0.25) is 0 Å². The standard InChI is InChI=1S/C57H38N4.C35H22BrN3.C28H28BNO2.2CH4.HI/c1-2-17-44(18-3-1)59(53-28-14-16-40-15-4-5-19-48(40)53)45-31-29-39(30-32-45)42-33-43(38-58-37-42)41-34-46(60-54-24-10-6-20-49(54)50-21-7-11-25-55(50)60)36-47(35-41)61-56-26-12-8-22-51(56)52-23-9-13-27-57(52)61;36-25-17-24(21-37-22-25)23-18-26(38-32-13-5-1-9-28(32)29-10-2-6-14-33(29)38)20-27(19-23)39-34-15-7-3-11-30(34)31-12-4-8-16-35(31)39;1-27(2)28(3,4)32-29(31-27)22-17-19-24(20-18-22)30(23-13-6-5-7-14-23)26-16-10-12-21-11-8-9-15-25(21)26;;;/h1-38H;1-22H;5-20H,1-4H3;2*1H4;1H. The first kappa shape index (κ1) is 87.7. The van der Waals surface area contributed by atoms with E-state index < -0.39 is 0 Å². The molecule has 10 nitrogen and oxygen atoms in total. The molecule has 654 valence electrons. The third kappa shape index (κ3) is 16.0. The molecule has 1 aliphatic rings. The summed E-state index contributed by atoms with van der Waals surface area (Å²) in [5.74, 6) is 0. The van der Waals surface area contributed by atoms with Gasteiger partial charge in [-0.1, -0.05) is 294 Å². The third-order valence-corrected chi connectivity index (χ3v) is 26.9. The van der Waals surface area contributed by atoms with E-state index in [2.05, 4.69) is 507 Å². The predicted octanol–water partition coefficient (Wildman–Crippen LogP) is 33.4. The van der Waals surface area contributed by atoms with E-state index in [9.17, 15) is 0 Å². The van der Waals surface area contributed by atoms with Crippen LogP contribution >= 0.6 is 39.9 Å². The van der Waals surface area contributed by atoms with Crippen LogP contribution in [0.15, 0.2) is 466 Å².